The maximum atomic E-state index is 3.53. The Morgan fingerprint density at radius 2 is 2.00 bits per heavy atom. The van der Waals surface area contributed by atoms with Crippen molar-refractivity contribution in [2.24, 2.45) is 0 Å². The first-order chi connectivity index (χ1) is 3.91. The van der Waals surface area contributed by atoms with Crippen molar-refractivity contribution in [3.05, 3.63) is 7.05 Å². The summed E-state index contributed by atoms with van der Waals surface area (Å²) in [6, 6.07) is 0. The van der Waals surface area contributed by atoms with Gasteiger partial charge in [0.25, 0.3) is 0 Å². The van der Waals surface area contributed by atoms with Gasteiger partial charge in [-0.15, -0.1) is 0 Å². The molecular formula is C7H16N. The highest BCUT2D eigenvalue weighted by atomic mass is 14.8. The summed E-state index contributed by atoms with van der Waals surface area (Å²) in [7, 11) is 3.53. The van der Waals surface area contributed by atoms with Crippen LogP contribution in [0, 0.1) is 7.05 Å². The van der Waals surface area contributed by atoms with Crippen LogP contribution in [-0.4, -0.2) is 6.54 Å². The zero-order valence-corrected chi connectivity index (χ0v) is 5.74. The maximum Gasteiger partial charge on any atom is 0.00767 e. The lowest BCUT2D eigenvalue weighted by Gasteiger charge is -1.95. The predicted octanol–water partition coefficient (Wildman–Crippen LogP) is 1.95. The van der Waals surface area contributed by atoms with Crippen LogP contribution < -0.4 is 5.32 Å². The van der Waals surface area contributed by atoms with E-state index in [0.717, 1.165) is 6.54 Å². The molecule has 0 fully saturated rings. The van der Waals surface area contributed by atoms with E-state index in [1.807, 2.05) is 0 Å². The molecule has 0 heterocycles. The van der Waals surface area contributed by atoms with Crippen LogP contribution in [0.1, 0.15) is 32.6 Å². The lowest BCUT2D eigenvalue weighted by Crippen LogP contribution is -2.03. The van der Waals surface area contributed by atoms with Crippen LogP contribution >= 0.6 is 0 Å². The summed E-state index contributed by atoms with van der Waals surface area (Å²) in [4.78, 5) is 0. The minimum absolute atomic E-state index is 1.07. The Kier molecular flexibility index (Phi) is 6.93. The molecule has 0 atom stereocenters. The average Bonchev–Trinajstić information content (AvgIpc) is 1.81. The van der Waals surface area contributed by atoms with Crippen LogP contribution in [0.3, 0.4) is 0 Å². The maximum absolute atomic E-state index is 3.53. The Labute approximate surface area is 52.5 Å². The molecule has 0 aliphatic rings. The smallest absolute Gasteiger partial charge is 0.00767 e. The third-order valence-corrected chi connectivity index (χ3v) is 1.21. The van der Waals surface area contributed by atoms with Crippen molar-refractivity contribution in [3.8, 4) is 0 Å². The van der Waals surface area contributed by atoms with Gasteiger partial charge in [-0.3, -0.25) is 0 Å². The van der Waals surface area contributed by atoms with E-state index in [1.54, 1.807) is 0 Å². The largest absolute Gasteiger partial charge is 0.315 e. The molecule has 8 heavy (non-hydrogen) atoms. The van der Waals surface area contributed by atoms with Crippen molar-refractivity contribution in [1.82, 2.24) is 5.32 Å². The SMILES string of the molecule is [CH2]NCCCCCC. The fraction of sp³-hybridized carbons (Fsp3) is 0.857. The normalized spacial score (nSPS) is 9.75. The minimum Gasteiger partial charge on any atom is -0.315 e. The molecule has 0 bridgehead atoms. The third-order valence-electron chi connectivity index (χ3n) is 1.21. The van der Waals surface area contributed by atoms with Gasteiger partial charge in [0.1, 0.15) is 0 Å². The molecule has 0 aromatic rings. The highest BCUT2D eigenvalue weighted by Crippen LogP contribution is 1.96. The second-order valence-electron chi connectivity index (χ2n) is 2.06. The first kappa shape index (κ1) is 7.96. The Balaban J connectivity index is 2.53. The molecule has 0 unspecified atom stereocenters. The summed E-state index contributed by atoms with van der Waals surface area (Å²) in [5.74, 6) is 0. The highest BCUT2D eigenvalue weighted by molar-refractivity contribution is 4.44. The number of hydrogen-bond donors (Lipinski definition) is 1. The Morgan fingerprint density at radius 3 is 2.50 bits per heavy atom. The standard InChI is InChI=1S/C7H16N/c1-3-4-5-6-7-8-2/h8H,2-7H2,1H3. The predicted molar refractivity (Wildman–Crippen MR) is 37.5 cm³/mol. The Bertz CT molecular complexity index is 29.4. The molecule has 0 rings (SSSR count). The summed E-state index contributed by atoms with van der Waals surface area (Å²) in [6.45, 7) is 3.29. The van der Waals surface area contributed by atoms with Crippen LogP contribution in [0.5, 0.6) is 0 Å². The number of rotatable bonds is 5. The van der Waals surface area contributed by atoms with E-state index in [9.17, 15) is 0 Å². The third kappa shape index (κ3) is 5.96. The van der Waals surface area contributed by atoms with E-state index in [-0.39, 0.29) is 0 Å². The molecule has 0 aromatic carbocycles. The van der Waals surface area contributed by atoms with Gasteiger partial charge in [-0.25, -0.2) is 0 Å². The minimum atomic E-state index is 1.07. The molecule has 0 spiro atoms. The first-order valence-corrected chi connectivity index (χ1v) is 3.41. The van der Waals surface area contributed by atoms with Gasteiger partial charge in [-0.1, -0.05) is 26.2 Å². The molecule has 1 radical (unpaired) electrons. The fourth-order valence-corrected chi connectivity index (χ4v) is 0.677. The van der Waals surface area contributed by atoms with Crippen LogP contribution in [0.2, 0.25) is 0 Å². The van der Waals surface area contributed by atoms with Crippen LogP contribution in [0.4, 0.5) is 0 Å². The van der Waals surface area contributed by atoms with E-state index >= 15 is 0 Å². The zero-order valence-electron chi connectivity index (χ0n) is 5.74. The molecule has 1 nitrogen and oxygen atoms in total. The molecule has 0 aliphatic carbocycles. The van der Waals surface area contributed by atoms with Crippen LogP contribution in [0.25, 0.3) is 0 Å². The van der Waals surface area contributed by atoms with Gasteiger partial charge in [0.15, 0.2) is 0 Å². The van der Waals surface area contributed by atoms with Gasteiger partial charge in [0, 0.05) is 7.05 Å². The van der Waals surface area contributed by atoms with E-state index in [4.69, 9.17) is 0 Å². The quantitative estimate of drug-likeness (QED) is 0.539. The topological polar surface area (TPSA) is 12.0 Å². The molecule has 0 saturated heterocycles. The van der Waals surface area contributed by atoms with E-state index in [1.165, 1.54) is 25.7 Å². The molecule has 1 N–H and O–H groups in total. The Morgan fingerprint density at radius 1 is 1.25 bits per heavy atom. The van der Waals surface area contributed by atoms with Gasteiger partial charge in [-0.05, 0) is 13.0 Å². The van der Waals surface area contributed by atoms with Gasteiger partial charge < -0.3 is 5.32 Å². The lowest BCUT2D eigenvalue weighted by molar-refractivity contribution is 0.645. The van der Waals surface area contributed by atoms with Crippen molar-refractivity contribution < 1.29 is 0 Å². The fourth-order valence-electron chi connectivity index (χ4n) is 0.677. The second kappa shape index (κ2) is 6.96. The van der Waals surface area contributed by atoms with E-state index in [2.05, 4.69) is 19.3 Å². The first-order valence-electron chi connectivity index (χ1n) is 3.41. The van der Waals surface area contributed by atoms with Crippen molar-refractivity contribution in [2.45, 2.75) is 32.6 Å². The van der Waals surface area contributed by atoms with Gasteiger partial charge in [0.05, 0.1) is 0 Å². The second-order valence-corrected chi connectivity index (χ2v) is 2.06. The summed E-state index contributed by atoms with van der Waals surface area (Å²) < 4.78 is 0. The number of nitrogens with one attached hydrogen (secondary N) is 1. The summed E-state index contributed by atoms with van der Waals surface area (Å²) >= 11 is 0. The lowest BCUT2D eigenvalue weighted by atomic mass is 10.2. The zero-order chi connectivity index (χ0) is 6.24. The monoisotopic (exact) mass is 114 g/mol. The molecule has 49 valence electrons. The van der Waals surface area contributed by atoms with E-state index in [0.29, 0.717) is 0 Å². The van der Waals surface area contributed by atoms with Gasteiger partial charge in [0.2, 0.25) is 0 Å². The number of unbranched alkanes of at least 4 members (excludes halogenated alkanes) is 3. The van der Waals surface area contributed by atoms with Crippen molar-refractivity contribution in [1.29, 1.82) is 0 Å². The van der Waals surface area contributed by atoms with Crippen molar-refractivity contribution in [2.75, 3.05) is 6.54 Å². The molecule has 1 heteroatoms. The summed E-state index contributed by atoms with van der Waals surface area (Å²) in [5.41, 5.74) is 0. The molecular weight excluding hydrogens is 98.1 g/mol. The molecule has 0 aromatic heterocycles. The van der Waals surface area contributed by atoms with Crippen molar-refractivity contribution >= 4 is 0 Å². The Hall–Kier alpha value is -0.0400. The van der Waals surface area contributed by atoms with Crippen molar-refractivity contribution in [3.63, 3.8) is 0 Å². The molecule has 0 aliphatic heterocycles. The molecule has 0 saturated carbocycles. The molecule has 0 amide bonds. The number of hydrogen-bond acceptors (Lipinski definition) is 1. The van der Waals surface area contributed by atoms with Crippen LogP contribution in [0.15, 0.2) is 0 Å². The van der Waals surface area contributed by atoms with Gasteiger partial charge >= 0.3 is 0 Å². The van der Waals surface area contributed by atoms with Crippen LogP contribution in [-0.2, 0) is 0 Å². The highest BCUT2D eigenvalue weighted by Gasteiger charge is 1.82. The summed E-state index contributed by atoms with van der Waals surface area (Å²) in [6.07, 6.45) is 5.30. The summed E-state index contributed by atoms with van der Waals surface area (Å²) in [5, 5.41) is 2.88. The average molecular weight is 114 g/mol. The van der Waals surface area contributed by atoms with E-state index < -0.39 is 0 Å². The van der Waals surface area contributed by atoms with Gasteiger partial charge in [-0.2, -0.15) is 0 Å².